The van der Waals surface area contributed by atoms with Crippen LogP contribution in [0, 0.1) is 5.82 Å². The Balaban J connectivity index is 2.10. The van der Waals surface area contributed by atoms with E-state index < -0.39 is 5.91 Å². The Morgan fingerprint density at radius 2 is 2.14 bits per heavy atom. The number of methoxy groups -OCH3 is 1. The molecule has 0 atom stereocenters. The van der Waals surface area contributed by atoms with Gasteiger partial charge in [0.2, 0.25) is 0 Å². The second-order valence-corrected chi connectivity index (χ2v) is 4.54. The first-order valence-corrected chi connectivity index (χ1v) is 6.40. The summed E-state index contributed by atoms with van der Waals surface area (Å²) in [4.78, 5) is 12.0. The Hall–Kier alpha value is -2.40. The second-order valence-electron chi connectivity index (χ2n) is 4.10. The summed E-state index contributed by atoms with van der Waals surface area (Å²) < 4.78 is 18.1. The highest BCUT2D eigenvalue weighted by Gasteiger charge is 2.11. The van der Waals surface area contributed by atoms with Gasteiger partial charge in [0.05, 0.1) is 18.9 Å². The van der Waals surface area contributed by atoms with Gasteiger partial charge < -0.3 is 4.74 Å². The van der Waals surface area contributed by atoms with E-state index in [1.54, 1.807) is 24.3 Å². The molecule has 0 saturated carbocycles. The fourth-order valence-corrected chi connectivity index (χ4v) is 1.84. The molecule has 0 aliphatic heterocycles. The van der Waals surface area contributed by atoms with Crippen molar-refractivity contribution in [1.82, 2.24) is 5.43 Å². The standard InChI is InChI=1S/C15H12ClFN2O2/c1-21-14-6-5-11(16)8-13(14)15(20)19-18-9-10-3-2-4-12(17)7-10/h2-9H,1H3,(H,19,20)/b18-9+. The number of benzene rings is 2. The number of halogens is 2. The molecule has 0 fully saturated rings. The summed E-state index contributed by atoms with van der Waals surface area (Å²) in [6, 6.07) is 10.5. The van der Waals surface area contributed by atoms with Crippen molar-refractivity contribution < 1.29 is 13.9 Å². The van der Waals surface area contributed by atoms with Crippen LogP contribution in [0.2, 0.25) is 5.02 Å². The van der Waals surface area contributed by atoms with Crippen molar-refractivity contribution in [3.05, 3.63) is 64.4 Å². The zero-order valence-electron chi connectivity index (χ0n) is 11.1. The lowest BCUT2D eigenvalue weighted by molar-refractivity contribution is 0.0952. The van der Waals surface area contributed by atoms with Crippen molar-refractivity contribution in [2.45, 2.75) is 0 Å². The number of amides is 1. The average Bonchev–Trinajstić information content (AvgIpc) is 2.47. The van der Waals surface area contributed by atoms with Crippen molar-refractivity contribution in [3.8, 4) is 5.75 Å². The molecule has 21 heavy (non-hydrogen) atoms. The molecule has 2 aromatic rings. The summed E-state index contributed by atoms with van der Waals surface area (Å²) in [6.07, 6.45) is 1.35. The molecule has 0 aromatic heterocycles. The fourth-order valence-electron chi connectivity index (χ4n) is 1.67. The Bertz CT molecular complexity index is 689. The molecular weight excluding hydrogens is 295 g/mol. The van der Waals surface area contributed by atoms with Gasteiger partial charge in [0.15, 0.2) is 0 Å². The molecule has 0 heterocycles. The number of hydrogen-bond donors (Lipinski definition) is 1. The number of rotatable bonds is 4. The number of nitrogens with one attached hydrogen (secondary N) is 1. The number of carbonyl (C=O) groups excluding carboxylic acids is 1. The summed E-state index contributed by atoms with van der Waals surface area (Å²) in [7, 11) is 1.45. The number of hydrazone groups is 1. The normalized spacial score (nSPS) is 10.6. The van der Waals surface area contributed by atoms with E-state index in [9.17, 15) is 9.18 Å². The molecule has 2 rings (SSSR count). The molecule has 0 unspecified atom stereocenters. The molecule has 0 saturated heterocycles. The zero-order valence-corrected chi connectivity index (χ0v) is 11.9. The molecule has 0 radical (unpaired) electrons. The summed E-state index contributed by atoms with van der Waals surface area (Å²) in [5.74, 6) is -0.457. The highest BCUT2D eigenvalue weighted by atomic mass is 35.5. The predicted molar refractivity (Wildman–Crippen MR) is 79.5 cm³/mol. The minimum absolute atomic E-state index is 0.265. The molecule has 0 spiro atoms. The quantitative estimate of drug-likeness (QED) is 0.696. The first kappa shape index (κ1) is 15.0. The molecule has 0 aliphatic rings. The SMILES string of the molecule is COc1ccc(Cl)cc1C(=O)N/N=C/c1cccc(F)c1. The third-order valence-electron chi connectivity index (χ3n) is 2.63. The Morgan fingerprint density at radius 3 is 2.86 bits per heavy atom. The van der Waals surface area contributed by atoms with Gasteiger partial charge in [-0.3, -0.25) is 4.79 Å². The number of hydrogen-bond acceptors (Lipinski definition) is 3. The van der Waals surface area contributed by atoms with Gasteiger partial charge in [0, 0.05) is 5.02 Å². The van der Waals surface area contributed by atoms with E-state index >= 15 is 0 Å². The van der Waals surface area contributed by atoms with Crippen molar-refractivity contribution in [2.24, 2.45) is 5.10 Å². The van der Waals surface area contributed by atoms with Crippen molar-refractivity contribution in [2.75, 3.05) is 7.11 Å². The fraction of sp³-hybridized carbons (Fsp3) is 0.0667. The van der Waals surface area contributed by atoms with Crippen LogP contribution in [-0.4, -0.2) is 19.2 Å². The Kier molecular flexibility index (Phi) is 4.90. The van der Waals surface area contributed by atoms with E-state index in [2.05, 4.69) is 10.5 Å². The van der Waals surface area contributed by atoms with Crippen LogP contribution in [-0.2, 0) is 0 Å². The first-order chi connectivity index (χ1) is 10.1. The highest BCUT2D eigenvalue weighted by Crippen LogP contribution is 2.22. The second kappa shape index (κ2) is 6.85. The van der Waals surface area contributed by atoms with Gasteiger partial charge in [-0.05, 0) is 35.9 Å². The summed E-state index contributed by atoms with van der Waals surface area (Å²) >= 11 is 5.85. The van der Waals surface area contributed by atoms with Crippen LogP contribution in [0.3, 0.4) is 0 Å². The van der Waals surface area contributed by atoms with Crippen molar-refractivity contribution >= 4 is 23.7 Å². The molecule has 6 heteroatoms. The van der Waals surface area contributed by atoms with Crippen LogP contribution in [0.1, 0.15) is 15.9 Å². The minimum atomic E-state index is -0.470. The molecule has 108 valence electrons. The molecule has 0 aliphatic carbocycles. The smallest absolute Gasteiger partial charge is 0.275 e. The monoisotopic (exact) mass is 306 g/mol. The van der Waals surface area contributed by atoms with E-state index in [-0.39, 0.29) is 11.4 Å². The van der Waals surface area contributed by atoms with Crippen LogP contribution < -0.4 is 10.2 Å². The first-order valence-electron chi connectivity index (χ1n) is 6.02. The van der Waals surface area contributed by atoms with Crippen LogP contribution in [0.25, 0.3) is 0 Å². The summed E-state index contributed by atoms with van der Waals surface area (Å²) in [5, 5.41) is 4.19. The van der Waals surface area contributed by atoms with Crippen LogP contribution in [0.5, 0.6) is 5.75 Å². The number of ether oxygens (including phenoxy) is 1. The Labute approximate surface area is 126 Å². The maximum atomic E-state index is 13.0. The van der Waals surface area contributed by atoms with Crippen LogP contribution >= 0.6 is 11.6 Å². The lowest BCUT2D eigenvalue weighted by atomic mass is 10.2. The maximum absolute atomic E-state index is 13.0. The van der Waals surface area contributed by atoms with E-state index in [0.717, 1.165) is 0 Å². The highest BCUT2D eigenvalue weighted by molar-refractivity contribution is 6.31. The lowest BCUT2D eigenvalue weighted by Gasteiger charge is -2.07. The third kappa shape index (κ3) is 4.03. The van der Waals surface area contributed by atoms with E-state index in [1.807, 2.05) is 0 Å². The molecule has 4 nitrogen and oxygen atoms in total. The molecule has 0 bridgehead atoms. The molecular formula is C15H12ClFN2O2. The summed E-state index contributed by atoms with van der Waals surface area (Å²) in [5.41, 5.74) is 3.14. The van der Waals surface area contributed by atoms with Gasteiger partial charge in [-0.1, -0.05) is 23.7 Å². The maximum Gasteiger partial charge on any atom is 0.275 e. The topological polar surface area (TPSA) is 50.7 Å². The summed E-state index contributed by atoms with van der Waals surface area (Å²) in [6.45, 7) is 0. The van der Waals surface area contributed by atoms with E-state index in [1.165, 1.54) is 31.5 Å². The van der Waals surface area contributed by atoms with E-state index in [4.69, 9.17) is 16.3 Å². The average molecular weight is 307 g/mol. The lowest BCUT2D eigenvalue weighted by Crippen LogP contribution is -2.18. The van der Waals surface area contributed by atoms with Gasteiger partial charge >= 0.3 is 0 Å². The predicted octanol–water partition coefficient (Wildman–Crippen LogP) is 3.25. The van der Waals surface area contributed by atoms with Gasteiger partial charge in [0.25, 0.3) is 5.91 Å². The number of nitrogens with zero attached hydrogens (tertiary/aromatic N) is 1. The minimum Gasteiger partial charge on any atom is -0.496 e. The van der Waals surface area contributed by atoms with Gasteiger partial charge in [-0.15, -0.1) is 0 Å². The van der Waals surface area contributed by atoms with Gasteiger partial charge in [-0.2, -0.15) is 5.10 Å². The molecule has 2 aromatic carbocycles. The van der Waals surface area contributed by atoms with Crippen molar-refractivity contribution in [1.29, 1.82) is 0 Å². The molecule has 1 amide bonds. The zero-order chi connectivity index (χ0) is 15.2. The van der Waals surface area contributed by atoms with E-state index in [0.29, 0.717) is 16.3 Å². The third-order valence-corrected chi connectivity index (χ3v) is 2.87. The van der Waals surface area contributed by atoms with Crippen LogP contribution in [0.15, 0.2) is 47.6 Å². The van der Waals surface area contributed by atoms with Gasteiger partial charge in [-0.25, -0.2) is 9.82 Å². The number of carbonyl (C=O) groups is 1. The van der Waals surface area contributed by atoms with Crippen molar-refractivity contribution in [3.63, 3.8) is 0 Å². The Morgan fingerprint density at radius 1 is 1.33 bits per heavy atom. The van der Waals surface area contributed by atoms with Gasteiger partial charge in [0.1, 0.15) is 11.6 Å². The molecule has 1 N–H and O–H groups in total. The largest absolute Gasteiger partial charge is 0.496 e. The van der Waals surface area contributed by atoms with Crippen LogP contribution in [0.4, 0.5) is 4.39 Å².